The molecule has 0 atom stereocenters. The summed E-state index contributed by atoms with van der Waals surface area (Å²) >= 11 is 2.20. The van der Waals surface area contributed by atoms with E-state index in [1.165, 1.54) is 6.33 Å². The van der Waals surface area contributed by atoms with Gasteiger partial charge in [0, 0.05) is 3.57 Å². The van der Waals surface area contributed by atoms with Crippen molar-refractivity contribution in [3.8, 4) is 5.75 Å². The maximum absolute atomic E-state index is 11.4. The predicted molar refractivity (Wildman–Crippen MR) is 69.7 cm³/mol. The van der Waals surface area contributed by atoms with Crippen LogP contribution in [-0.2, 0) is 4.79 Å². The number of hydrogen-bond acceptors (Lipinski definition) is 4. The number of H-pyrrole nitrogens is 1. The van der Waals surface area contributed by atoms with E-state index in [2.05, 4.69) is 43.1 Å². The van der Waals surface area contributed by atoms with Gasteiger partial charge in [0.1, 0.15) is 12.1 Å². The molecule has 1 aromatic carbocycles. The summed E-state index contributed by atoms with van der Waals surface area (Å²) < 4.78 is 6.41. The molecule has 2 rings (SSSR count). The van der Waals surface area contributed by atoms with E-state index in [1.807, 2.05) is 24.3 Å². The molecule has 0 aliphatic rings. The monoisotopic (exact) mass is 344 g/mol. The summed E-state index contributed by atoms with van der Waals surface area (Å²) in [5.41, 5.74) is 0. The molecule has 0 saturated heterocycles. The highest BCUT2D eigenvalue weighted by atomic mass is 127. The Kier molecular flexibility index (Phi) is 3.91. The number of carbonyl (C=O) groups excluding carboxylic acids is 1. The Balaban J connectivity index is 1.82. The summed E-state index contributed by atoms with van der Waals surface area (Å²) in [7, 11) is 0. The molecule has 1 heterocycles. The lowest BCUT2D eigenvalue weighted by Crippen LogP contribution is -2.20. The van der Waals surface area contributed by atoms with Crippen molar-refractivity contribution in [2.75, 3.05) is 11.9 Å². The van der Waals surface area contributed by atoms with E-state index >= 15 is 0 Å². The first-order valence-corrected chi connectivity index (χ1v) is 5.85. The number of benzene rings is 1. The van der Waals surface area contributed by atoms with Crippen LogP contribution in [0.3, 0.4) is 0 Å². The number of nitrogens with zero attached hydrogens (tertiary/aromatic N) is 2. The van der Waals surface area contributed by atoms with Crippen molar-refractivity contribution in [3.63, 3.8) is 0 Å². The summed E-state index contributed by atoms with van der Waals surface area (Å²) in [4.78, 5) is 15.2. The van der Waals surface area contributed by atoms with E-state index in [9.17, 15) is 4.79 Å². The van der Waals surface area contributed by atoms with Gasteiger partial charge in [-0.1, -0.05) is 0 Å². The molecule has 7 heteroatoms. The third kappa shape index (κ3) is 3.70. The molecule has 0 radical (unpaired) electrons. The minimum Gasteiger partial charge on any atom is -0.484 e. The van der Waals surface area contributed by atoms with Crippen LogP contribution in [0.5, 0.6) is 5.75 Å². The van der Waals surface area contributed by atoms with Gasteiger partial charge in [-0.3, -0.25) is 10.1 Å². The highest BCUT2D eigenvalue weighted by Crippen LogP contribution is 2.13. The van der Waals surface area contributed by atoms with Crippen LogP contribution in [0.15, 0.2) is 30.6 Å². The van der Waals surface area contributed by atoms with Crippen LogP contribution in [0.2, 0.25) is 0 Å². The van der Waals surface area contributed by atoms with Crippen molar-refractivity contribution in [2.24, 2.45) is 0 Å². The lowest BCUT2D eigenvalue weighted by molar-refractivity contribution is -0.118. The first-order chi connectivity index (χ1) is 8.24. The molecule has 1 amide bonds. The molecular formula is C10H9IN4O2. The molecular weight excluding hydrogens is 335 g/mol. The fraction of sp³-hybridized carbons (Fsp3) is 0.100. The zero-order valence-corrected chi connectivity index (χ0v) is 10.8. The second-order valence-corrected chi connectivity index (χ2v) is 4.37. The quantitative estimate of drug-likeness (QED) is 0.823. The Morgan fingerprint density at radius 3 is 2.82 bits per heavy atom. The maximum Gasteiger partial charge on any atom is 0.264 e. The van der Waals surface area contributed by atoms with Crippen LogP contribution in [0, 0.1) is 3.57 Å². The average molecular weight is 344 g/mol. The van der Waals surface area contributed by atoms with Gasteiger partial charge in [-0.05, 0) is 46.9 Å². The number of aromatic amines is 1. The molecule has 6 nitrogen and oxygen atoms in total. The van der Waals surface area contributed by atoms with E-state index in [1.54, 1.807) is 0 Å². The molecule has 0 unspecified atom stereocenters. The highest BCUT2D eigenvalue weighted by Gasteiger charge is 2.04. The standard InChI is InChI=1S/C10H9IN4O2/c11-7-1-3-8(4-2-7)17-5-9(16)14-10-12-6-13-15-10/h1-4,6H,5H2,(H2,12,13,14,15,16). The molecule has 0 spiro atoms. The minimum atomic E-state index is -0.291. The Morgan fingerprint density at radius 2 is 2.18 bits per heavy atom. The molecule has 2 aromatic rings. The van der Waals surface area contributed by atoms with Crippen LogP contribution in [0.4, 0.5) is 5.95 Å². The lowest BCUT2D eigenvalue weighted by Gasteiger charge is -2.05. The zero-order chi connectivity index (χ0) is 12.1. The molecule has 0 saturated carbocycles. The van der Waals surface area contributed by atoms with Gasteiger partial charge >= 0.3 is 0 Å². The summed E-state index contributed by atoms with van der Waals surface area (Å²) in [5, 5.41) is 8.64. The Labute approximate surface area is 111 Å². The second kappa shape index (κ2) is 5.62. The fourth-order valence-corrected chi connectivity index (χ4v) is 1.47. The molecule has 0 aliphatic heterocycles. The van der Waals surface area contributed by atoms with E-state index in [4.69, 9.17) is 4.74 Å². The van der Waals surface area contributed by atoms with Gasteiger partial charge in [-0.25, -0.2) is 5.10 Å². The third-order valence-corrected chi connectivity index (χ3v) is 2.58. The van der Waals surface area contributed by atoms with Crippen molar-refractivity contribution in [2.45, 2.75) is 0 Å². The van der Waals surface area contributed by atoms with E-state index in [0.29, 0.717) is 11.7 Å². The molecule has 0 aliphatic carbocycles. The Hall–Kier alpha value is -1.64. The van der Waals surface area contributed by atoms with Crippen molar-refractivity contribution >= 4 is 34.4 Å². The maximum atomic E-state index is 11.4. The normalized spacial score (nSPS) is 9.94. The third-order valence-electron chi connectivity index (χ3n) is 1.86. The number of rotatable bonds is 4. The van der Waals surface area contributed by atoms with Gasteiger partial charge in [0.15, 0.2) is 6.61 Å². The minimum absolute atomic E-state index is 0.0682. The van der Waals surface area contributed by atoms with E-state index in [-0.39, 0.29) is 12.5 Å². The van der Waals surface area contributed by atoms with Crippen molar-refractivity contribution in [1.29, 1.82) is 0 Å². The number of amides is 1. The number of halogens is 1. The Morgan fingerprint density at radius 1 is 1.41 bits per heavy atom. The molecule has 1 aromatic heterocycles. The summed E-state index contributed by atoms with van der Waals surface area (Å²) in [6, 6.07) is 7.43. The highest BCUT2D eigenvalue weighted by molar-refractivity contribution is 14.1. The number of nitrogens with one attached hydrogen (secondary N) is 2. The summed E-state index contributed by atoms with van der Waals surface area (Å²) in [6.45, 7) is -0.0682. The molecule has 88 valence electrons. The number of hydrogen-bond donors (Lipinski definition) is 2. The zero-order valence-electron chi connectivity index (χ0n) is 8.68. The number of ether oxygens (including phenoxy) is 1. The molecule has 2 N–H and O–H groups in total. The van der Waals surface area contributed by atoms with Crippen molar-refractivity contribution < 1.29 is 9.53 Å². The molecule has 0 fully saturated rings. The number of carbonyl (C=O) groups is 1. The summed E-state index contributed by atoms with van der Waals surface area (Å²) in [5.74, 6) is 0.666. The number of anilines is 1. The number of aromatic nitrogens is 3. The average Bonchev–Trinajstić information content (AvgIpc) is 2.81. The van der Waals surface area contributed by atoms with Crippen molar-refractivity contribution in [3.05, 3.63) is 34.2 Å². The predicted octanol–water partition coefficient (Wildman–Crippen LogP) is 1.43. The van der Waals surface area contributed by atoms with Gasteiger partial charge < -0.3 is 4.74 Å². The van der Waals surface area contributed by atoms with Crippen LogP contribution >= 0.6 is 22.6 Å². The summed E-state index contributed by atoms with van der Waals surface area (Å²) in [6.07, 6.45) is 1.32. The van der Waals surface area contributed by atoms with Gasteiger partial charge in [0.2, 0.25) is 5.95 Å². The van der Waals surface area contributed by atoms with Gasteiger partial charge in [0.05, 0.1) is 0 Å². The van der Waals surface area contributed by atoms with Crippen LogP contribution in [0.1, 0.15) is 0 Å². The van der Waals surface area contributed by atoms with Gasteiger partial charge in [-0.2, -0.15) is 10.1 Å². The second-order valence-electron chi connectivity index (χ2n) is 3.12. The van der Waals surface area contributed by atoms with Crippen molar-refractivity contribution in [1.82, 2.24) is 15.2 Å². The van der Waals surface area contributed by atoms with E-state index in [0.717, 1.165) is 3.57 Å². The first-order valence-electron chi connectivity index (χ1n) is 4.77. The lowest BCUT2D eigenvalue weighted by atomic mass is 10.3. The Bertz CT molecular complexity index is 484. The van der Waals surface area contributed by atoms with E-state index < -0.39 is 0 Å². The molecule has 17 heavy (non-hydrogen) atoms. The first kappa shape index (κ1) is 11.8. The van der Waals surface area contributed by atoms with Crippen LogP contribution in [0.25, 0.3) is 0 Å². The van der Waals surface area contributed by atoms with Gasteiger partial charge in [0.25, 0.3) is 5.91 Å². The molecule has 0 bridgehead atoms. The fourth-order valence-electron chi connectivity index (χ4n) is 1.11. The smallest absolute Gasteiger partial charge is 0.264 e. The largest absolute Gasteiger partial charge is 0.484 e. The van der Waals surface area contributed by atoms with Gasteiger partial charge in [-0.15, -0.1) is 0 Å². The van der Waals surface area contributed by atoms with Crippen LogP contribution in [-0.4, -0.2) is 27.7 Å². The topological polar surface area (TPSA) is 79.9 Å². The SMILES string of the molecule is O=C(COc1ccc(I)cc1)Nc1ncn[nH]1. The van der Waals surface area contributed by atoms with Crippen LogP contribution < -0.4 is 10.1 Å².